The molecule has 4 rings (SSSR count). The molecule has 0 bridgehead atoms. The van der Waals surface area contributed by atoms with Gasteiger partial charge in [0.05, 0.1) is 17.6 Å². The summed E-state index contributed by atoms with van der Waals surface area (Å²) in [6.45, 7) is 7.04. The molecule has 0 saturated carbocycles. The third-order valence-corrected chi connectivity index (χ3v) is 7.19. The van der Waals surface area contributed by atoms with Crippen molar-refractivity contribution in [1.82, 2.24) is 14.7 Å². The predicted molar refractivity (Wildman–Crippen MR) is 143 cm³/mol. The van der Waals surface area contributed by atoms with Gasteiger partial charge < -0.3 is 19.7 Å². The minimum atomic E-state index is -0.373. The second-order valence-corrected chi connectivity index (χ2v) is 9.26. The fourth-order valence-electron chi connectivity index (χ4n) is 3.91. The summed E-state index contributed by atoms with van der Waals surface area (Å²) in [5.74, 6) is 0.153. The molecule has 0 fully saturated rings. The zero-order valence-electron chi connectivity index (χ0n) is 20.9. The molecule has 0 aliphatic heterocycles. The lowest BCUT2D eigenvalue weighted by Gasteiger charge is -2.17. The number of hydrogen-bond acceptors (Lipinski definition) is 7. The SMILES string of the molecule is CCN(CC)CCOC(=O)c1ccc(NC(=O)c2cc3c(-c4cccc(OC)c4)nn(C)c3s2)cc1. The number of carbonyl (C=O) groups is 2. The van der Waals surface area contributed by atoms with Crippen LogP contribution in [0.3, 0.4) is 0 Å². The highest BCUT2D eigenvalue weighted by Gasteiger charge is 2.19. The lowest BCUT2D eigenvalue weighted by molar-refractivity contribution is 0.0466. The number of methoxy groups -OCH3 is 1. The number of rotatable bonds is 10. The molecule has 0 saturated heterocycles. The van der Waals surface area contributed by atoms with Crippen LogP contribution >= 0.6 is 11.3 Å². The van der Waals surface area contributed by atoms with Gasteiger partial charge in [0.2, 0.25) is 0 Å². The number of carbonyl (C=O) groups excluding carboxylic acids is 2. The second kappa shape index (κ2) is 11.4. The van der Waals surface area contributed by atoms with Crippen molar-refractivity contribution >= 4 is 39.1 Å². The van der Waals surface area contributed by atoms with Crippen molar-refractivity contribution in [3.05, 3.63) is 65.0 Å². The number of nitrogens with one attached hydrogen (secondary N) is 1. The van der Waals surface area contributed by atoms with Gasteiger partial charge in [0.25, 0.3) is 5.91 Å². The average molecular weight is 507 g/mol. The van der Waals surface area contributed by atoms with Gasteiger partial charge in [-0.15, -0.1) is 11.3 Å². The number of anilines is 1. The minimum absolute atomic E-state index is 0.220. The summed E-state index contributed by atoms with van der Waals surface area (Å²) < 4.78 is 12.5. The minimum Gasteiger partial charge on any atom is -0.497 e. The van der Waals surface area contributed by atoms with Crippen LogP contribution < -0.4 is 10.1 Å². The number of ether oxygens (including phenoxy) is 2. The first-order valence-electron chi connectivity index (χ1n) is 11.8. The van der Waals surface area contributed by atoms with Crippen LogP contribution in [0.5, 0.6) is 5.75 Å². The van der Waals surface area contributed by atoms with E-state index in [2.05, 4.69) is 29.2 Å². The monoisotopic (exact) mass is 506 g/mol. The zero-order chi connectivity index (χ0) is 25.7. The first-order valence-corrected chi connectivity index (χ1v) is 12.7. The number of esters is 1. The van der Waals surface area contributed by atoms with Crippen molar-refractivity contribution in [2.45, 2.75) is 13.8 Å². The topological polar surface area (TPSA) is 85.7 Å². The van der Waals surface area contributed by atoms with E-state index in [1.54, 1.807) is 36.1 Å². The van der Waals surface area contributed by atoms with E-state index in [0.29, 0.717) is 29.3 Å². The summed E-state index contributed by atoms with van der Waals surface area (Å²) in [5.41, 5.74) is 2.77. The molecule has 2 aromatic heterocycles. The average Bonchev–Trinajstić information content (AvgIpc) is 3.47. The maximum absolute atomic E-state index is 13.0. The normalized spacial score (nSPS) is 11.1. The van der Waals surface area contributed by atoms with Gasteiger partial charge in [-0.3, -0.25) is 9.48 Å². The number of benzene rings is 2. The predicted octanol–water partition coefficient (Wildman–Crippen LogP) is 5.06. The molecule has 4 aromatic rings. The van der Waals surface area contributed by atoms with E-state index in [0.717, 1.165) is 40.3 Å². The van der Waals surface area contributed by atoms with Crippen molar-refractivity contribution in [1.29, 1.82) is 0 Å². The maximum Gasteiger partial charge on any atom is 0.338 e. The highest BCUT2D eigenvalue weighted by molar-refractivity contribution is 7.20. The molecule has 2 heterocycles. The number of fused-ring (bicyclic) bond motifs is 1. The molecule has 0 spiro atoms. The van der Waals surface area contributed by atoms with Crippen LogP contribution in [0.25, 0.3) is 21.5 Å². The highest BCUT2D eigenvalue weighted by atomic mass is 32.1. The van der Waals surface area contributed by atoms with Crippen LogP contribution in [0, 0.1) is 0 Å². The third-order valence-electron chi connectivity index (χ3n) is 5.99. The van der Waals surface area contributed by atoms with Crippen LogP contribution in [0.4, 0.5) is 5.69 Å². The van der Waals surface area contributed by atoms with Crippen LogP contribution in [-0.4, -0.2) is 59.9 Å². The van der Waals surface area contributed by atoms with E-state index in [-0.39, 0.29) is 11.9 Å². The Morgan fingerprint density at radius 3 is 2.53 bits per heavy atom. The van der Waals surface area contributed by atoms with Crippen LogP contribution in [-0.2, 0) is 11.8 Å². The van der Waals surface area contributed by atoms with Crippen molar-refractivity contribution in [2.75, 3.05) is 38.7 Å². The van der Waals surface area contributed by atoms with Crippen LogP contribution in [0.2, 0.25) is 0 Å². The van der Waals surface area contributed by atoms with Gasteiger partial charge in [0.1, 0.15) is 22.9 Å². The third kappa shape index (κ3) is 5.58. The molecule has 0 aliphatic carbocycles. The summed E-state index contributed by atoms with van der Waals surface area (Å²) in [4.78, 5) is 28.9. The molecular formula is C27H30N4O4S. The van der Waals surface area contributed by atoms with E-state index < -0.39 is 0 Å². The van der Waals surface area contributed by atoms with Gasteiger partial charge >= 0.3 is 5.97 Å². The Hall–Kier alpha value is -3.69. The molecular weight excluding hydrogens is 476 g/mol. The Morgan fingerprint density at radius 1 is 1.08 bits per heavy atom. The Labute approximate surface area is 214 Å². The number of aryl methyl sites for hydroxylation is 1. The second-order valence-electron chi connectivity index (χ2n) is 8.23. The maximum atomic E-state index is 13.0. The van der Waals surface area contributed by atoms with Gasteiger partial charge in [-0.25, -0.2) is 4.79 Å². The molecule has 36 heavy (non-hydrogen) atoms. The molecule has 188 valence electrons. The number of amides is 1. The van der Waals surface area contributed by atoms with Crippen molar-refractivity contribution in [3.63, 3.8) is 0 Å². The number of likely N-dealkylation sites (N-methyl/N-ethyl adjacent to an activating group) is 1. The molecule has 2 aromatic carbocycles. The highest BCUT2D eigenvalue weighted by Crippen LogP contribution is 2.35. The number of hydrogen-bond donors (Lipinski definition) is 1. The fourth-order valence-corrected chi connectivity index (χ4v) is 4.88. The molecule has 0 atom stereocenters. The summed E-state index contributed by atoms with van der Waals surface area (Å²) in [6, 6.07) is 16.3. The van der Waals surface area contributed by atoms with Crippen LogP contribution in [0.15, 0.2) is 54.6 Å². The lowest BCUT2D eigenvalue weighted by atomic mass is 10.1. The Bertz CT molecular complexity index is 1360. The van der Waals surface area contributed by atoms with Crippen molar-refractivity contribution < 1.29 is 19.1 Å². The number of thiophene rings is 1. The first kappa shape index (κ1) is 25.4. The van der Waals surface area contributed by atoms with Gasteiger partial charge in [-0.2, -0.15) is 5.10 Å². The number of nitrogens with zero attached hydrogens (tertiary/aromatic N) is 3. The quantitative estimate of drug-likeness (QED) is 0.303. The summed E-state index contributed by atoms with van der Waals surface area (Å²) in [6.07, 6.45) is 0. The van der Waals surface area contributed by atoms with Gasteiger partial charge in [-0.05, 0) is 55.6 Å². The molecule has 1 amide bonds. The van der Waals surface area contributed by atoms with E-state index in [4.69, 9.17) is 9.47 Å². The van der Waals surface area contributed by atoms with E-state index >= 15 is 0 Å². The standard InChI is InChI=1S/C27H30N4O4S/c1-5-31(6-2)14-15-35-27(33)18-10-12-20(13-11-18)28-25(32)23-17-22-24(29-30(3)26(22)36-23)19-8-7-9-21(16-19)34-4/h7-13,16-17H,5-6,14-15H2,1-4H3,(H,28,32). The molecule has 9 heteroatoms. The van der Waals surface area contributed by atoms with E-state index in [1.165, 1.54) is 11.3 Å². The summed E-state index contributed by atoms with van der Waals surface area (Å²) >= 11 is 1.38. The first-order chi connectivity index (χ1) is 17.4. The summed E-state index contributed by atoms with van der Waals surface area (Å²) in [5, 5.41) is 8.45. The number of aromatic nitrogens is 2. The molecule has 0 unspecified atom stereocenters. The molecule has 8 nitrogen and oxygen atoms in total. The van der Waals surface area contributed by atoms with Gasteiger partial charge in [-0.1, -0.05) is 26.0 Å². The Morgan fingerprint density at radius 2 is 1.83 bits per heavy atom. The molecule has 1 N–H and O–H groups in total. The Kier molecular flexibility index (Phi) is 8.02. The zero-order valence-corrected chi connectivity index (χ0v) is 21.7. The molecule has 0 radical (unpaired) electrons. The smallest absolute Gasteiger partial charge is 0.338 e. The fraction of sp³-hybridized carbons (Fsp3) is 0.296. The molecule has 0 aliphatic rings. The summed E-state index contributed by atoms with van der Waals surface area (Å²) in [7, 11) is 3.49. The van der Waals surface area contributed by atoms with Crippen LogP contribution in [0.1, 0.15) is 33.9 Å². The van der Waals surface area contributed by atoms with E-state index in [1.807, 2.05) is 37.4 Å². The van der Waals surface area contributed by atoms with Gasteiger partial charge in [0, 0.05) is 30.2 Å². The van der Waals surface area contributed by atoms with Gasteiger partial charge in [0.15, 0.2) is 0 Å². The Balaban J connectivity index is 1.44. The van der Waals surface area contributed by atoms with E-state index in [9.17, 15) is 9.59 Å². The largest absolute Gasteiger partial charge is 0.497 e. The lowest BCUT2D eigenvalue weighted by Crippen LogP contribution is -2.27. The van der Waals surface area contributed by atoms with Crippen molar-refractivity contribution in [3.8, 4) is 17.0 Å². The van der Waals surface area contributed by atoms with Crippen molar-refractivity contribution in [2.24, 2.45) is 7.05 Å².